The Morgan fingerprint density at radius 2 is 1.23 bits per heavy atom. The van der Waals surface area contributed by atoms with Crippen molar-refractivity contribution in [2.75, 3.05) is 6.61 Å². The van der Waals surface area contributed by atoms with Gasteiger partial charge in [0.2, 0.25) is 0 Å². The monoisotopic (exact) mass is 300 g/mol. The van der Waals surface area contributed by atoms with E-state index in [1.165, 1.54) is 0 Å². The molecule has 0 saturated heterocycles. The summed E-state index contributed by atoms with van der Waals surface area (Å²) in [6.45, 7) is 4.22. The second-order valence-corrected chi connectivity index (χ2v) is 5.18. The standard InChI is InChI=1S/C21H32O/c1-3-4-5-6-7-8-9-10-11-12-13-14-15-16-17-18-19-21(2)20-22/h4-5,7-8,10-11,13-14,17-19,22H,3,6,9,12,15-16,20H2,1-2H3/b5-4-,8-7-,11-10-,14-13-,18-17+,21-19+. The SMILES string of the molecule is CC/C=C\C/C=C\C/C=C\C/C=C\CC/C=C/C=C(\C)CO. The quantitative estimate of drug-likeness (QED) is 0.263. The summed E-state index contributed by atoms with van der Waals surface area (Å²) in [5.74, 6) is 0. The van der Waals surface area contributed by atoms with Crippen LogP contribution in [0.5, 0.6) is 0 Å². The normalized spacial score (nSPS) is 13.9. The summed E-state index contributed by atoms with van der Waals surface area (Å²) in [5.41, 5.74) is 0.993. The van der Waals surface area contributed by atoms with Gasteiger partial charge in [-0.2, -0.15) is 0 Å². The fraction of sp³-hybridized carbons (Fsp3) is 0.429. The molecule has 1 heteroatoms. The number of hydrogen-bond acceptors (Lipinski definition) is 1. The van der Waals surface area contributed by atoms with Crippen LogP contribution in [0.15, 0.2) is 72.4 Å². The predicted molar refractivity (Wildman–Crippen MR) is 99.9 cm³/mol. The minimum absolute atomic E-state index is 0.140. The van der Waals surface area contributed by atoms with Crippen LogP contribution >= 0.6 is 0 Å². The third kappa shape index (κ3) is 16.5. The third-order valence-corrected chi connectivity index (χ3v) is 2.99. The summed E-state index contributed by atoms with van der Waals surface area (Å²) in [7, 11) is 0. The van der Waals surface area contributed by atoms with E-state index in [-0.39, 0.29) is 6.61 Å². The molecule has 0 atom stereocenters. The molecule has 0 bridgehead atoms. The van der Waals surface area contributed by atoms with Crippen LogP contribution < -0.4 is 0 Å². The van der Waals surface area contributed by atoms with E-state index in [1.807, 2.05) is 19.1 Å². The molecule has 0 heterocycles. The van der Waals surface area contributed by atoms with Crippen LogP contribution in [0.2, 0.25) is 0 Å². The molecule has 1 N–H and O–H groups in total. The number of allylic oxidation sites excluding steroid dienone is 11. The lowest BCUT2D eigenvalue weighted by Gasteiger charge is -1.89. The fourth-order valence-corrected chi connectivity index (χ4v) is 1.67. The van der Waals surface area contributed by atoms with Crippen molar-refractivity contribution in [1.29, 1.82) is 0 Å². The van der Waals surface area contributed by atoms with Crippen molar-refractivity contribution in [3.63, 3.8) is 0 Å². The second kappa shape index (κ2) is 17.5. The maximum Gasteiger partial charge on any atom is 0.0642 e. The molecule has 0 saturated carbocycles. The molecule has 0 radical (unpaired) electrons. The van der Waals surface area contributed by atoms with Crippen molar-refractivity contribution in [2.24, 2.45) is 0 Å². The van der Waals surface area contributed by atoms with Gasteiger partial charge in [0.1, 0.15) is 0 Å². The molecule has 122 valence electrons. The van der Waals surface area contributed by atoms with Gasteiger partial charge in [0.15, 0.2) is 0 Å². The third-order valence-electron chi connectivity index (χ3n) is 2.99. The van der Waals surface area contributed by atoms with Crippen molar-refractivity contribution in [2.45, 2.75) is 52.4 Å². The zero-order valence-corrected chi connectivity index (χ0v) is 14.2. The summed E-state index contributed by atoms with van der Waals surface area (Å²) < 4.78 is 0. The summed E-state index contributed by atoms with van der Waals surface area (Å²) >= 11 is 0. The molecule has 0 aliphatic heterocycles. The van der Waals surface area contributed by atoms with Gasteiger partial charge in [0, 0.05) is 0 Å². The highest BCUT2D eigenvalue weighted by Crippen LogP contribution is 1.98. The Kier molecular flexibility index (Phi) is 16.2. The van der Waals surface area contributed by atoms with Gasteiger partial charge in [-0.05, 0) is 51.0 Å². The van der Waals surface area contributed by atoms with Crippen molar-refractivity contribution in [1.82, 2.24) is 0 Å². The van der Waals surface area contributed by atoms with Gasteiger partial charge in [-0.25, -0.2) is 0 Å². The van der Waals surface area contributed by atoms with Crippen LogP contribution in [0.3, 0.4) is 0 Å². The van der Waals surface area contributed by atoms with Crippen molar-refractivity contribution in [3.05, 3.63) is 72.4 Å². The number of aliphatic hydroxyl groups is 1. The number of rotatable bonds is 12. The van der Waals surface area contributed by atoms with Gasteiger partial charge in [-0.3, -0.25) is 0 Å². The van der Waals surface area contributed by atoms with E-state index in [9.17, 15) is 0 Å². The molecule has 0 rings (SSSR count). The number of aliphatic hydroxyl groups excluding tert-OH is 1. The molecule has 0 spiro atoms. The molecule has 0 aliphatic carbocycles. The average Bonchev–Trinajstić information content (AvgIpc) is 2.54. The van der Waals surface area contributed by atoms with Gasteiger partial charge < -0.3 is 5.11 Å². The lowest BCUT2D eigenvalue weighted by molar-refractivity contribution is 0.331. The van der Waals surface area contributed by atoms with E-state index in [2.05, 4.69) is 61.6 Å². The van der Waals surface area contributed by atoms with Crippen LogP contribution in [0.4, 0.5) is 0 Å². The van der Waals surface area contributed by atoms with E-state index < -0.39 is 0 Å². The minimum atomic E-state index is 0.140. The average molecular weight is 300 g/mol. The first kappa shape index (κ1) is 20.4. The lowest BCUT2D eigenvalue weighted by atomic mass is 10.2. The maximum absolute atomic E-state index is 8.83. The topological polar surface area (TPSA) is 20.2 Å². The van der Waals surface area contributed by atoms with Crippen LogP contribution in [-0.4, -0.2) is 11.7 Å². The highest BCUT2D eigenvalue weighted by Gasteiger charge is 1.80. The summed E-state index contributed by atoms with van der Waals surface area (Å²) in [5, 5.41) is 8.83. The van der Waals surface area contributed by atoms with Gasteiger partial charge >= 0.3 is 0 Å². The first-order valence-electron chi connectivity index (χ1n) is 8.34. The second-order valence-electron chi connectivity index (χ2n) is 5.18. The van der Waals surface area contributed by atoms with E-state index in [0.717, 1.165) is 44.1 Å². The smallest absolute Gasteiger partial charge is 0.0642 e. The molecule has 0 aromatic carbocycles. The molecule has 22 heavy (non-hydrogen) atoms. The Morgan fingerprint density at radius 3 is 1.77 bits per heavy atom. The molecule has 0 unspecified atom stereocenters. The number of unbranched alkanes of at least 4 members (excludes halogenated alkanes) is 1. The molecule has 0 aliphatic rings. The van der Waals surface area contributed by atoms with E-state index in [4.69, 9.17) is 5.11 Å². The summed E-state index contributed by atoms with van der Waals surface area (Å²) in [4.78, 5) is 0. The zero-order valence-electron chi connectivity index (χ0n) is 14.2. The van der Waals surface area contributed by atoms with Crippen LogP contribution in [-0.2, 0) is 0 Å². The molecule has 0 fully saturated rings. The first-order valence-corrected chi connectivity index (χ1v) is 8.34. The predicted octanol–water partition coefficient (Wildman–Crippen LogP) is 6.07. The highest BCUT2D eigenvalue weighted by atomic mass is 16.3. The van der Waals surface area contributed by atoms with E-state index in [1.54, 1.807) is 0 Å². The first-order chi connectivity index (χ1) is 10.8. The van der Waals surface area contributed by atoms with Crippen molar-refractivity contribution < 1.29 is 5.11 Å². The lowest BCUT2D eigenvalue weighted by Crippen LogP contribution is -1.80. The van der Waals surface area contributed by atoms with Crippen molar-refractivity contribution in [3.8, 4) is 0 Å². The molecule has 0 amide bonds. The zero-order chi connectivity index (χ0) is 16.3. The molecule has 0 aromatic heterocycles. The largest absolute Gasteiger partial charge is 0.392 e. The molecular weight excluding hydrogens is 268 g/mol. The molecule has 0 aromatic rings. The Bertz CT molecular complexity index is 406. The highest BCUT2D eigenvalue weighted by molar-refractivity contribution is 5.10. The Morgan fingerprint density at radius 1 is 0.727 bits per heavy atom. The fourth-order valence-electron chi connectivity index (χ4n) is 1.67. The molecular formula is C21H32O. The van der Waals surface area contributed by atoms with Crippen molar-refractivity contribution >= 4 is 0 Å². The Labute approximate surface area is 137 Å². The summed E-state index contributed by atoms with van der Waals surface area (Å²) in [6, 6.07) is 0. The van der Waals surface area contributed by atoms with Gasteiger partial charge in [0.25, 0.3) is 0 Å². The maximum atomic E-state index is 8.83. The van der Waals surface area contributed by atoms with Crippen LogP contribution in [0.1, 0.15) is 52.4 Å². The Balaban J connectivity index is 3.54. The van der Waals surface area contributed by atoms with Gasteiger partial charge in [-0.1, -0.05) is 73.8 Å². The van der Waals surface area contributed by atoms with E-state index in [0.29, 0.717) is 0 Å². The van der Waals surface area contributed by atoms with Gasteiger partial charge in [-0.15, -0.1) is 0 Å². The Hall–Kier alpha value is -1.60. The summed E-state index contributed by atoms with van der Waals surface area (Å²) in [6.07, 6.45) is 30.1. The van der Waals surface area contributed by atoms with E-state index >= 15 is 0 Å². The number of hydrogen-bond donors (Lipinski definition) is 1. The molecule has 1 nitrogen and oxygen atoms in total. The minimum Gasteiger partial charge on any atom is -0.392 e. The van der Waals surface area contributed by atoms with Gasteiger partial charge in [0.05, 0.1) is 6.61 Å². The van der Waals surface area contributed by atoms with Crippen LogP contribution in [0.25, 0.3) is 0 Å². The van der Waals surface area contributed by atoms with Crippen LogP contribution in [0, 0.1) is 0 Å².